The zero-order chi connectivity index (χ0) is 14.8. The molecule has 0 saturated heterocycles. The fraction of sp³-hybridized carbons (Fsp3) is 0.231. The van der Waals surface area contributed by atoms with Gasteiger partial charge in [-0.15, -0.1) is 11.3 Å². The quantitative estimate of drug-likeness (QED) is 0.915. The van der Waals surface area contributed by atoms with Gasteiger partial charge in [0, 0.05) is 11.4 Å². The molecule has 0 aliphatic rings. The molecule has 0 radical (unpaired) electrons. The molecule has 0 unspecified atom stereocenters. The van der Waals surface area contributed by atoms with Gasteiger partial charge in [0.05, 0.1) is 10.6 Å². The van der Waals surface area contributed by atoms with Crippen LogP contribution in [0.3, 0.4) is 0 Å². The van der Waals surface area contributed by atoms with Gasteiger partial charge in [0.25, 0.3) is 0 Å². The summed E-state index contributed by atoms with van der Waals surface area (Å²) in [4.78, 5) is 0.665. The van der Waals surface area contributed by atoms with E-state index in [4.69, 9.17) is 0 Å². The third-order valence-corrected chi connectivity index (χ3v) is 5.30. The van der Waals surface area contributed by atoms with E-state index >= 15 is 0 Å². The number of rotatable bonds is 5. The van der Waals surface area contributed by atoms with Crippen molar-refractivity contribution in [2.24, 2.45) is 0 Å². The van der Waals surface area contributed by atoms with Crippen molar-refractivity contribution < 1.29 is 17.2 Å². The molecular formula is C13H13F2NO2S2. The molecule has 0 aliphatic carbocycles. The fourth-order valence-electron chi connectivity index (χ4n) is 1.72. The van der Waals surface area contributed by atoms with Gasteiger partial charge in [0.1, 0.15) is 0 Å². The van der Waals surface area contributed by atoms with Crippen molar-refractivity contribution in [2.75, 3.05) is 5.32 Å². The first-order valence-electron chi connectivity index (χ1n) is 5.81. The van der Waals surface area contributed by atoms with E-state index in [-0.39, 0.29) is 10.6 Å². The van der Waals surface area contributed by atoms with Gasteiger partial charge in [0.15, 0.2) is 0 Å². The van der Waals surface area contributed by atoms with Crippen LogP contribution in [-0.2, 0) is 16.4 Å². The van der Waals surface area contributed by atoms with Crippen molar-refractivity contribution in [3.05, 3.63) is 46.2 Å². The molecule has 2 rings (SSSR count). The second kappa shape index (κ2) is 5.88. The standard InChI is InChI=1S/C13H13F2NO2S2/c1-9-6-7-19-11(9)8-16-10-4-2-3-5-12(10)20(17,18)13(14)15/h2-7,13,16H,8H2,1H3. The second-order valence-corrected chi connectivity index (χ2v) is 7.07. The fourth-order valence-corrected chi connectivity index (χ4v) is 3.47. The molecule has 0 aliphatic heterocycles. The molecule has 0 saturated carbocycles. The number of alkyl halides is 2. The van der Waals surface area contributed by atoms with E-state index in [0.717, 1.165) is 10.4 Å². The highest BCUT2D eigenvalue weighted by Crippen LogP contribution is 2.27. The largest absolute Gasteiger partial charge is 0.379 e. The normalized spacial score (nSPS) is 11.8. The van der Waals surface area contributed by atoms with E-state index in [0.29, 0.717) is 6.54 Å². The Bertz CT molecular complexity index is 696. The number of thiophene rings is 1. The summed E-state index contributed by atoms with van der Waals surface area (Å²) >= 11 is 1.53. The molecule has 1 aromatic heterocycles. The van der Waals surface area contributed by atoms with Crippen LogP contribution >= 0.6 is 11.3 Å². The molecule has 0 atom stereocenters. The molecule has 2 aromatic rings. The molecule has 1 aromatic carbocycles. The monoisotopic (exact) mass is 317 g/mol. The summed E-state index contributed by atoms with van der Waals surface area (Å²) in [5.41, 5.74) is 1.28. The van der Waals surface area contributed by atoms with E-state index < -0.39 is 15.6 Å². The van der Waals surface area contributed by atoms with Crippen LogP contribution in [0.1, 0.15) is 10.4 Å². The zero-order valence-corrected chi connectivity index (χ0v) is 12.3. The van der Waals surface area contributed by atoms with Crippen molar-refractivity contribution in [3.8, 4) is 0 Å². The van der Waals surface area contributed by atoms with Crippen molar-refractivity contribution in [2.45, 2.75) is 24.1 Å². The highest BCUT2D eigenvalue weighted by molar-refractivity contribution is 7.91. The van der Waals surface area contributed by atoms with Crippen LogP contribution in [0.25, 0.3) is 0 Å². The van der Waals surface area contributed by atoms with E-state index in [9.17, 15) is 17.2 Å². The Morgan fingerprint density at radius 1 is 1.25 bits per heavy atom. The summed E-state index contributed by atoms with van der Waals surface area (Å²) in [6.45, 7) is 2.34. The van der Waals surface area contributed by atoms with Gasteiger partial charge in [0.2, 0.25) is 9.84 Å². The Morgan fingerprint density at radius 2 is 1.95 bits per heavy atom. The lowest BCUT2D eigenvalue weighted by molar-refractivity contribution is 0.235. The summed E-state index contributed by atoms with van der Waals surface area (Å²) in [6.07, 6.45) is 0. The molecule has 0 spiro atoms. The van der Waals surface area contributed by atoms with E-state index in [1.54, 1.807) is 6.07 Å². The third kappa shape index (κ3) is 2.99. The number of para-hydroxylation sites is 1. The maximum absolute atomic E-state index is 12.6. The zero-order valence-electron chi connectivity index (χ0n) is 10.6. The SMILES string of the molecule is Cc1ccsc1CNc1ccccc1S(=O)(=O)C(F)F. The minimum Gasteiger partial charge on any atom is -0.379 e. The molecule has 0 amide bonds. The van der Waals surface area contributed by atoms with Crippen LogP contribution in [0.2, 0.25) is 0 Å². The predicted molar refractivity (Wildman–Crippen MR) is 76.0 cm³/mol. The lowest BCUT2D eigenvalue weighted by atomic mass is 10.2. The number of nitrogens with one attached hydrogen (secondary N) is 1. The van der Waals surface area contributed by atoms with Gasteiger partial charge >= 0.3 is 5.76 Å². The number of hydrogen-bond donors (Lipinski definition) is 1. The van der Waals surface area contributed by atoms with Crippen molar-refractivity contribution in [3.63, 3.8) is 0 Å². The number of sulfone groups is 1. The van der Waals surface area contributed by atoms with Gasteiger partial charge in [-0.05, 0) is 36.1 Å². The van der Waals surface area contributed by atoms with Crippen molar-refractivity contribution in [1.29, 1.82) is 0 Å². The van der Waals surface area contributed by atoms with Crippen LogP contribution in [-0.4, -0.2) is 14.2 Å². The molecule has 108 valence electrons. The Morgan fingerprint density at radius 3 is 2.55 bits per heavy atom. The smallest absolute Gasteiger partial charge is 0.341 e. The average Bonchev–Trinajstić information content (AvgIpc) is 2.82. The molecule has 1 heterocycles. The summed E-state index contributed by atoms with van der Waals surface area (Å²) in [5.74, 6) is -3.42. The first kappa shape index (κ1) is 14.9. The average molecular weight is 317 g/mol. The van der Waals surface area contributed by atoms with E-state index in [2.05, 4.69) is 5.32 Å². The highest BCUT2D eigenvalue weighted by Gasteiger charge is 2.28. The third-order valence-electron chi connectivity index (χ3n) is 2.84. The Hall–Kier alpha value is -1.47. The Labute approximate surface area is 120 Å². The van der Waals surface area contributed by atoms with Crippen LogP contribution in [0.15, 0.2) is 40.6 Å². The predicted octanol–water partition coefficient (Wildman–Crippen LogP) is 3.66. The van der Waals surface area contributed by atoms with Crippen LogP contribution in [0, 0.1) is 6.92 Å². The van der Waals surface area contributed by atoms with Crippen LogP contribution in [0.4, 0.5) is 14.5 Å². The van der Waals surface area contributed by atoms with E-state index in [1.807, 2.05) is 18.4 Å². The van der Waals surface area contributed by atoms with Gasteiger partial charge < -0.3 is 5.32 Å². The first-order chi connectivity index (χ1) is 9.43. The first-order valence-corrected chi connectivity index (χ1v) is 8.23. The summed E-state index contributed by atoms with van der Waals surface area (Å²) in [5, 5.41) is 4.84. The lowest BCUT2D eigenvalue weighted by Gasteiger charge is -2.11. The van der Waals surface area contributed by atoms with Crippen LogP contribution in [0.5, 0.6) is 0 Å². The number of anilines is 1. The van der Waals surface area contributed by atoms with Crippen molar-refractivity contribution >= 4 is 26.9 Å². The molecule has 3 nitrogen and oxygen atoms in total. The number of aryl methyl sites for hydroxylation is 1. The minimum absolute atomic E-state index is 0.195. The van der Waals surface area contributed by atoms with Crippen molar-refractivity contribution in [1.82, 2.24) is 0 Å². The van der Waals surface area contributed by atoms with Gasteiger partial charge in [-0.3, -0.25) is 0 Å². The summed E-state index contributed by atoms with van der Waals surface area (Å²) in [6, 6.07) is 7.65. The lowest BCUT2D eigenvalue weighted by Crippen LogP contribution is -2.14. The highest BCUT2D eigenvalue weighted by atomic mass is 32.2. The van der Waals surface area contributed by atoms with E-state index in [1.165, 1.54) is 29.5 Å². The minimum atomic E-state index is -4.60. The van der Waals surface area contributed by atoms with Crippen LogP contribution < -0.4 is 5.32 Å². The molecule has 7 heteroatoms. The molecule has 1 N–H and O–H groups in total. The molecule has 20 heavy (non-hydrogen) atoms. The van der Waals surface area contributed by atoms with Gasteiger partial charge in [-0.1, -0.05) is 12.1 Å². The second-order valence-electron chi connectivity index (χ2n) is 4.18. The maximum Gasteiger partial charge on any atom is 0.341 e. The van der Waals surface area contributed by atoms with Gasteiger partial charge in [-0.25, -0.2) is 8.42 Å². The molecule has 0 fully saturated rings. The summed E-state index contributed by atoms with van der Waals surface area (Å²) < 4.78 is 48.5. The number of hydrogen-bond acceptors (Lipinski definition) is 4. The summed E-state index contributed by atoms with van der Waals surface area (Å²) in [7, 11) is -4.60. The number of halogens is 2. The van der Waals surface area contributed by atoms with Gasteiger partial charge in [-0.2, -0.15) is 8.78 Å². The Kier molecular flexibility index (Phi) is 4.39. The maximum atomic E-state index is 12.6. The number of benzene rings is 1. The molecular weight excluding hydrogens is 304 g/mol. The topological polar surface area (TPSA) is 46.2 Å². The molecule has 0 bridgehead atoms. The Balaban J connectivity index is 2.28.